The van der Waals surface area contributed by atoms with Crippen molar-refractivity contribution < 1.29 is 9.47 Å². The van der Waals surface area contributed by atoms with Crippen LogP contribution >= 0.6 is 11.6 Å². The first-order chi connectivity index (χ1) is 18.6. The average molecular weight is 532 g/mol. The number of aromatic nitrogens is 2. The Labute approximate surface area is 232 Å². The summed E-state index contributed by atoms with van der Waals surface area (Å²) in [5.74, 6) is 3.50. The Kier molecular flexibility index (Phi) is 10.2. The van der Waals surface area contributed by atoms with Gasteiger partial charge < -0.3 is 18.9 Å². The Hall–Kier alpha value is -3.28. The summed E-state index contributed by atoms with van der Waals surface area (Å²) in [7, 11) is 0. The van der Waals surface area contributed by atoms with Crippen molar-refractivity contribution in [2.75, 3.05) is 26.2 Å². The molecule has 4 rings (SSSR count). The maximum Gasteiger partial charge on any atom is 0.127 e. The summed E-state index contributed by atoms with van der Waals surface area (Å²) < 4.78 is 14.1. The van der Waals surface area contributed by atoms with Crippen LogP contribution in [0.2, 0.25) is 5.02 Å². The van der Waals surface area contributed by atoms with E-state index in [0.29, 0.717) is 5.02 Å². The van der Waals surface area contributed by atoms with Crippen molar-refractivity contribution in [3.8, 4) is 34.2 Å². The number of halogens is 1. The number of nitrogens with zero attached hydrogens (tertiary/aromatic N) is 3. The van der Waals surface area contributed by atoms with Crippen LogP contribution in [-0.4, -0.2) is 40.7 Å². The molecular weight excluding hydrogens is 494 g/mol. The van der Waals surface area contributed by atoms with E-state index in [0.717, 1.165) is 91.9 Å². The summed E-state index contributed by atoms with van der Waals surface area (Å²) in [6, 6.07) is 23.8. The fourth-order valence-electron chi connectivity index (χ4n) is 4.35. The van der Waals surface area contributed by atoms with Gasteiger partial charge in [-0.15, -0.1) is 0 Å². The molecule has 1 heterocycles. The third-order valence-corrected chi connectivity index (χ3v) is 6.88. The van der Waals surface area contributed by atoms with E-state index in [1.54, 1.807) is 0 Å². The molecular formula is C32H38ClN3O2. The molecule has 0 saturated heterocycles. The minimum Gasteiger partial charge on any atom is -0.494 e. The predicted octanol–water partition coefficient (Wildman–Crippen LogP) is 8.44. The molecule has 200 valence electrons. The van der Waals surface area contributed by atoms with Crippen molar-refractivity contribution in [2.45, 2.75) is 46.5 Å². The van der Waals surface area contributed by atoms with Crippen LogP contribution in [0.5, 0.6) is 17.2 Å². The van der Waals surface area contributed by atoms with Gasteiger partial charge in [0.05, 0.1) is 12.3 Å². The molecule has 3 aromatic carbocycles. The monoisotopic (exact) mass is 531 g/mol. The van der Waals surface area contributed by atoms with E-state index >= 15 is 0 Å². The molecule has 4 aromatic rings. The third-order valence-electron chi connectivity index (χ3n) is 6.63. The molecule has 1 aromatic heterocycles. The Morgan fingerprint density at radius 3 is 2.05 bits per heavy atom. The summed E-state index contributed by atoms with van der Waals surface area (Å²) >= 11 is 5.97. The van der Waals surface area contributed by atoms with Gasteiger partial charge in [0.15, 0.2) is 0 Å². The first-order valence-electron chi connectivity index (χ1n) is 13.7. The fraction of sp³-hybridized carbons (Fsp3) is 0.344. The van der Waals surface area contributed by atoms with Gasteiger partial charge in [0.1, 0.15) is 23.1 Å². The molecule has 0 radical (unpaired) electrons. The van der Waals surface area contributed by atoms with Crippen LogP contribution in [0, 0.1) is 0 Å². The quantitative estimate of drug-likeness (QED) is 0.153. The standard InChI is InChI=1S/C32H38ClN3O2/c1-4-7-9-32-34-31(25-10-16-29(17-11-25)38-30-18-12-26(33)13-19-30)24-36(32)27-14-20-28(21-15-27)37-23-8-22-35(5-2)6-3/h10-21,24H,4-9,22-23H2,1-3H3. The summed E-state index contributed by atoms with van der Waals surface area (Å²) in [5, 5.41) is 0.690. The second-order valence-electron chi connectivity index (χ2n) is 9.32. The second kappa shape index (κ2) is 14.0. The van der Waals surface area contributed by atoms with Crippen molar-refractivity contribution in [1.29, 1.82) is 0 Å². The van der Waals surface area contributed by atoms with E-state index < -0.39 is 0 Å². The lowest BCUT2D eigenvalue weighted by atomic mass is 10.1. The molecule has 0 atom stereocenters. The van der Waals surface area contributed by atoms with Gasteiger partial charge in [0.25, 0.3) is 0 Å². The molecule has 0 fully saturated rings. The summed E-state index contributed by atoms with van der Waals surface area (Å²) in [6.45, 7) is 10.6. The molecule has 0 bridgehead atoms. The van der Waals surface area contributed by atoms with Crippen LogP contribution in [0.3, 0.4) is 0 Å². The van der Waals surface area contributed by atoms with Crippen LogP contribution in [0.1, 0.15) is 45.9 Å². The molecule has 0 saturated carbocycles. The van der Waals surface area contributed by atoms with Gasteiger partial charge in [0, 0.05) is 35.4 Å². The molecule has 0 spiro atoms. The van der Waals surface area contributed by atoms with E-state index in [1.165, 1.54) is 0 Å². The molecule has 38 heavy (non-hydrogen) atoms. The van der Waals surface area contributed by atoms with Crippen LogP contribution in [-0.2, 0) is 6.42 Å². The van der Waals surface area contributed by atoms with E-state index in [4.69, 9.17) is 26.1 Å². The highest BCUT2D eigenvalue weighted by Crippen LogP contribution is 2.28. The van der Waals surface area contributed by atoms with Crippen molar-refractivity contribution in [3.05, 3.63) is 89.8 Å². The molecule has 0 N–H and O–H groups in total. The Morgan fingerprint density at radius 1 is 0.789 bits per heavy atom. The Balaban J connectivity index is 1.45. The van der Waals surface area contributed by atoms with Gasteiger partial charge in [0.2, 0.25) is 0 Å². The smallest absolute Gasteiger partial charge is 0.127 e. The highest BCUT2D eigenvalue weighted by molar-refractivity contribution is 6.30. The van der Waals surface area contributed by atoms with Gasteiger partial charge in [-0.05, 0) is 98.7 Å². The predicted molar refractivity (Wildman–Crippen MR) is 157 cm³/mol. The number of hydrogen-bond acceptors (Lipinski definition) is 4. The molecule has 0 aliphatic heterocycles. The topological polar surface area (TPSA) is 39.5 Å². The largest absolute Gasteiger partial charge is 0.494 e. The zero-order valence-electron chi connectivity index (χ0n) is 22.7. The van der Waals surface area contributed by atoms with Crippen LogP contribution in [0.15, 0.2) is 79.0 Å². The van der Waals surface area contributed by atoms with Gasteiger partial charge >= 0.3 is 0 Å². The van der Waals surface area contributed by atoms with Crippen LogP contribution < -0.4 is 9.47 Å². The minimum atomic E-state index is 0.690. The highest BCUT2D eigenvalue weighted by atomic mass is 35.5. The molecule has 5 nitrogen and oxygen atoms in total. The third kappa shape index (κ3) is 7.62. The first-order valence-corrected chi connectivity index (χ1v) is 14.0. The number of benzene rings is 3. The second-order valence-corrected chi connectivity index (χ2v) is 9.76. The maximum atomic E-state index is 6.00. The van der Waals surface area contributed by atoms with Gasteiger partial charge in [-0.1, -0.05) is 38.8 Å². The van der Waals surface area contributed by atoms with E-state index in [2.05, 4.69) is 72.8 Å². The van der Waals surface area contributed by atoms with Crippen molar-refractivity contribution >= 4 is 11.6 Å². The highest BCUT2D eigenvalue weighted by Gasteiger charge is 2.12. The SMILES string of the molecule is CCCCc1nc(-c2ccc(Oc3ccc(Cl)cc3)cc2)cn1-c1ccc(OCCCN(CC)CC)cc1. The number of unbranched alkanes of at least 4 members (excludes halogenated alkanes) is 1. The zero-order valence-corrected chi connectivity index (χ0v) is 23.5. The Bertz CT molecular complexity index is 1250. The first kappa shape index (κ1) is 27.7. The van der Waals surface area contributed by atoms with Crippen LogP contribution in [0.4, 0.5) is 0 Å². The molecule has 0 aliphatic carbocycles. The van der Waals surface area contributed by atoms with Crippen LogP contribution in [0.25, 0.3) is 16.9 Å². The van der Waals surface area contributed by atoms with Crippen molar-refractivity contribution in [2.24, 2.45) is 0 Å². The minimum absolute atomic E-state index is 0.690. The van der Waals surface area contributed by atoms with E-state index in [9.17, 15) is 0 Å². The van der Waals surface area contributed by atoms with Gasteiger partial charge in [-0.3, -0.25) is 0 Å². The lowest BCUT2D eigenvalue weighted by Gasteiger charge is -2.17. The maximum absolute atomic E-state index is 6.00. The molecule has 6 heteroatoms. The number of hydrogen-bond donors (Lipinski definition) is 0. The number of rotatable bonds is 14. The summed E-state index contributed by atoms with van der Waals surface area (Å²) in [6.07, 6.45) is 6.30. The number of imidazole rings is 1. The van der Waals surface area contributed by atoms with Gasteiger partial charge in [-0.25, -0.2) is 4.98 Å². The lowest BCUT2D eigenvalue weighted by molar-refractivity contribution is 0.249. The number of aryl methyl sites for hydroxylation is 1. The van der Waals surface area contributed by atoms with Crippen molar-refractivity contribution in [3.63, 3.8) is 0 Å². The number of ether oxygens (including phenoxy) is 2. The fourth-order valence-corrected chi connectivity index (χ4v) is 4.47. The van der Waals surface area contributed by atoms with Crippen molar-refractivity contribution in [1.82, 2.24) is 14.5 Å². The molecule has 0 unspecified atom stereocenters. The normalized spacial score (nSPS) is 11.2. The average Bonchev–Trinajstić information content (AvgIpc) is 3.38. The summed E-state index contributed by atoms with van der Waals surface area (Å²) in [4.78, 5) is 7.42. The Morgan fingerprint density at radius 2 is 1.42 bits per heavy atom. The molecule has 0 amide bonds. The molecule has 0 aliphatic rings. The van der Waals surface area contributed by atoms with E-state index in [-0.39, 0.29) is 0 Å². The van der Waals surface area contributed by atoms with Gasteiger partial charge in [-0.2, -0.15) is 0 Å². The lowest BCUT2D eigenvalue weighted by Crippen LogP contribution is -2.25. The van der Waals surface area contributed by atoms with E-state index in [1.807, 2.05) is 36.4 Å². The zero-order chi connectivity index (χ0) is 26.7. The summed E-state index contributed by atoms with van der Waals surface area (Å²) in [5.41, 5.74) is 3.09.